The molecular formula is C13H19FN4. The van der Waals surface area contributed by atoms with Crippen molar-refractivity contribution in [1.29, 1.82) is 0 Å². The molecule has 0 atom stereocenters. The number of aryl methyl sites for hydroxylation is 1. The lowest BCUT2D eigenvalue weighted by atomic mass is 10.2. The Kier molecular flexibility index (Phi) is 4.15. The summed E-state index contributed by atoms with van der Waals surface area (Å²) in [5.41, 5.74) is 3.75. The highest BCUT2D eigenvalue weighted by atomic mass is 19.1. The van der Waals surface area contributed by atoms with Gasteiger partial charge in [0.05, 0.1) is 11.7 Å². The number of nitrogens with two attached hydrogens (primary N) is 1. The fraction of sp³-hybridized carbons (Fsp3) is 0.462. The first-order valence-electron chi connectivity index (χ1n) is 6.27. The van der Waals surface area contributed by atoms with Crippen LogP contribution in [-0.4, -0.2) is 12.0 Å². The molecular weight excluding hydrogens is 231 g/mol. The zero-order valence-corrected chi connectivity index (χ0v) is 10.5. The second kappa shape index (κ2) is 5.82. The number of halogens is 1. The molecule has 4 N–H and O–H groups in total. The summed E-state index contributed by atoms with van der Waals surface area (Å²) >= 11 is 0. The van der Waals surface area contributed by atoms with E-state index in [-0.39, 0.29) is 11.9 Å². The van der Waals surface area contributed by atoms with E-state index in [1.165, 1.54) is 18.9 Å². The fourth-order valence-corrected chi connectivity index (χ4v) is 2.23. The molecule has 0 saturated heterocycles. The van der Waals surface area contributed by atoms with E-state index in [9.17, 15) is 4.39 Å². The molecule has 0 bridgehead atoms. The van der Waals surface area contributed by atoms with Gasteiger partial charge in [0.2, 0.25) is 5.96 Å². The number of benzene rings is 1. The number of rotatable bonds is 2. The van der Waals surface area contributed by atoms with Crippen LogP contribution in [0.1, 0.15) is 31.2 Å². The minimum Gasteiger partial charge on any atom is -0.323 e. The molecule has 0 radical (unpaired) electrons. The van der Waals surface area contributed by atoms with E-state index in [2.05, 4.69) is 15.7 Å². The minimum absolute atomic E-state index is 0.288. The van der Waals surface area contributed by atoms with E-state index < -0.39 is 0 Å². The monoisotopic (exact) mass is 250 g/mol. The highest BCUT2D eigenvalue weighted by molar-refractivity contribution is 5.94. The quantitative estimate of drug-likeness (QED) is 0.327. The van der Waals surface area contributed by atoms with Gasteiger partial charge in [0, 0.05) is 0 Å². The van der Waals surface area contributed by atoms with Gasteiger partial charge >= 0.3 is 0 Å². The molecule has 0 heterocycles. The number of aliphatic imine (C=N–C) groups is 1. The maximum absolute atomic E-state index is 13.7. The average molecular weight is 250 g/mol. The molecule has 1 fully saturated rings. The number of anilines is 1. The first kappa shape index (κ1) is 12.8. The number of hydrogen-bond donors (Lipinski definition) is 3. The predicted molar refractivity (Wildman–Crippen MR) is 71.8 cm³/mol. The van der Waals surface area contributed by atoms with Gasteiger partial charge in [-0.15, -0.1) is 0 Å². The molecule has 2 rings (SSSR count). The Balaban J connectivity index is 2.14. The van der Waals surface area contributed by atoms with Gasteiger partial charge in [-0.1, -0.05) is 25.0 Å². The highest BCUT2D eigenvalue weighted by Gasteiger charge is 2.15. The van der Waals surface area contributed by atoms with Gasteiger partial charge in [-0.2, -0.15) is 0 Å². The Bertz CT molecular complexity index is 418. The lowest BCUT2D eigenvalue weighted by Crippen LogP contribution is -2.37. The Morgan fingerprint density at radius 1 is 1.39 bits per heavy atom. The van der Waals surface area contributed by atoms with Crippen LogP contribution in [0.5, 0.6) is 0 Å². The average Bonchev–Trinajstić information content (AvgIpc) is 2.85. The first-order valence-corrected chi connectivity index (χ1v) is 6.27. The van der Waals surface area contributed by atoms with Gasteiger partial charge in [0.15, 0.2) is 0 Å². The van der Waals surface area contributed by atoms with Crippen LogP contribution < -0.4 is 16.6 Å². The Labute approximate surface area is 106 Å². The number of para-hydroxylation sites is 1. The van der Waals surface area contributed by atoms with Gasteiger partial charge in [0.25, 0.3) is 0 Å². The topological polar surface area (TPSA) is 62.4 Å². The standard InChI is InChI=1S/C13H19FN4/c1-9-5-4-8-11(14)12(9)17-13(18-15)16-10-6-2-3-7-10/h4-5,8,10H,2-3,6-7,15H2,1H3,(H2,16,17,18). The fourth-order valence-electron chi connectivity index (χ4n) is 2.23. The minimum atomic E-state index is -0.302. The molecule has 1 aromatic rings. The van der Waals surface area contributed by atoms with E-state index in [4.69, 9.17) is 5.84 Å². The third-order valence-electron chi connectivity index (χ3n) is 3.24. The van der Waals surface area contributed by atoms with E-state index >= 15 is 0 Å². The molecule has 1 aliphatic rings. The molecule has 4 nitrogen and oxygen atoms in total. The van der Waals surface area contributed by atoms with E-state index in [1.54, 1.807) is 6.07 Å². The number of hydrogen-bond acceptors (Lipinski definition) is 2. The molecule has 0 aromatic heterocycles. The molecule has 1 saturated carbocycles. The Morgan fingerprint density at radius 3 is 2.72 bits per heavy atom. The van der Waals surface area contributed by atoms with E-state index in [1.807, 2.05) is 13.0 Å². The SMILES string of the molecule is Cc1cccc(F)c1NC(=NC1CCCC1)NN. The maximum atomic E-state index is 13.7. The molecule has 1 aromatic carbocycles. The van der Waals surface area contributed by atoms with Crippen molar-refractivity contribution in [3.63, 3.8) is 0 Å². The third kappa shape index (κ3) is 2.98. The van der Waals surface area contributed by atoms with Crippen LogP contribution in [-0.2, 0) is 0 Å². The summed E-state index contributed by atoms with van der Waals surface area (Å²) in [4.78, 5) is 4.47. The summed E-state index contributed by atoms with van der Waals surface area (Å²) in [7, 11) is 0. The summed E-state index contributed by atoms with van der Waals surface area (Å²) in [6.45, 7) is 1.84. The van der Waals surface area contributed by atoms with Crippen molar-refractivity contribution in [3.8, 4) is 0 Å². The summed E-state index contributed by atoms with van der Waals surface area (Å²) in [5, 5.41) is 2.93. The van der Waals surface area contributed by atoms with Crippen LogP contribution in [0.4, 0.5) is 10.1 Å². The molecule has 0 spiro atoms. The lowest BCUT2D eigenvalue weighted by Gasteiger charge is -2.14. The number of nitrogens with one attached hydrogen (secondary N) is 2. The van der Waals surface area contributed by atoms with Crippen LogP contribution in [0.3, 0.4) is 0 Å². The van der Waals surface area contributed by atoms with Gasteiger partial charge in [-0.05, 0) is 31.4 Å². The Morgan fingerprint density at radius 2 is 2.11 bits per heavy atom. The predicted octanol–water partition coefficient (Wildman–Crippen LogP) is 2.31. The highest BCUT2D eigenvalue weighted by Crippen LogP contribution is 2.22. The molecule has 1 aliphatic carbocycles. The summed E-state index contributed by atoms with van der Waals surface area (Å²) < 4.78 is 13.7. The number of nitrogens with zero attached hydrogens (tertiary/aromatic N) is 1. The summed E-state index contributed by atoms with van der Waals surface area (Å²) in [6, 6.07) is 5.23. The van der Waals surface area contributed by atoms with Crippen molar-refractivity contribution < 1.29 is 4.39 Å². The maximum Gasteiger partial charge on any atom is 0.210 e. The number of guanidine groups is 1. The van der Waals surface area contributed by atoms with Crippen LogP contribution in [0.25, 0.3) is 0 Å². The smallest absolute Gasteiger partial charge is 0.210 e. The van der Waals surface area contributed by atoms with Crippen LogP contribution in [0.2, 0.25) is 0 Å². The van der Waals surface area contributed by atoms with Crippen molar-refractivity contribution in [2.75, 3.05) is 5.32 Å². The van der Waals surface area contributed by atoms with Gasteiger partial charge in [-0.25, -0.2) is 15.2 Å². The van der Waals surface area contributed by atoms with Crippen molar-refractivity contribution in [2.45, 2.75) is 38.6 Å². The largest absolute Gasteiger partial charge is 0.323 e. The van der Waals surface area contributed by atoms with Crippen molar-refractivity contribution in [3.05, 3.63) is 29.6 Å². The van der Waals surface area contributed by atoms with Crippen molar-refractivity contribution in [2.24, 2.45) is 10.8 Å². The van der Waals surface area contributed by atoms with Gasteiger partial charge < -0.3 is 5.32 Å². The number of hydrazine groups is 1. The zero-order valence-electron chi connectivity index (χ0n) is 10.5. The van der Waals surface area contributed by atoms with E-state index in [0.29, 0.717) is 11.6 Å². The zero-order chi connectivity index (χ0) is 13.0. The first-order chi connectivity index (χ1) is 8.70. The molecule has 5 heteroatoms. The third-order valence-corrected chi connectivity index (χ3v) is 3.24. The lowest BCUT2D eigenvalue weighted by molar-refractivity contribution is 0.630. The van der Waals surface area contributed by atoms with Gasteiger partial charge in [-0.3, -0.25) is 5.43 Å². The van der Waals surface area contributed by atoms with Gasteiger partial charge in [0.1, 0.15) is 5.82 Å². The molecule has 0 aliphatic heterocycles. The normalized spacial score (nSPS) is 16.9. The summed E-state index contributed by atoms with van der Waals surface area (Å²) in [5.74, 6) is 5.56. The van der Waals surface area contributed by atoms with E-state index in [0.717, 1.165) is 18.4 Å². The molecule has 0 unspecified atom stereocenters. The van der Waals surface area contributed by atoms with Crippen molar-refractivity contribution in [1.82, 2.24) is 5.43 Å². The molecule has 18 heavy (non-hydrogen) atoms. The Hall–Kier alpha value is -1.62. The van der Waals surface area contributed by atoms with Crippen LogP contribution >= 0.6 is 0 Å². The summed E-state index contributed by atoms with van der Waals surface area (Å²) in [6.07, 6.45) is 4.54. The van der Waals surface area contributed by atoms with Crippen LogP contribution in [0, 0.1) is 12.7 Å². The molecule has 98 valence electrons. The van der Waals surface area contributed by atoms with Crippen LogP contribution in [0.15, 0.2) is 23.2 Å². The second-order valence-electron chi connectivity index (χ2n) is 4.62. The second-order valence-corrected chi connectivity index (χ2v) is 4.62. The molecule has 0 amide bonds. The van der Waals surface area contributed by atoms with Crippen molar-refractivity contribution >= 4 is 11.6 Å².